The maximum Gasteiger partial charge on any atom is 0.326 e. The van der Waals surface area contributed by atoms with Crippen LogP contribution in [0.1, 0.15) is 11.1 Å². The second-order valence-electron chi connectivity index (χ2n) is 4.64. The molecule has 0 heterocycles. The van der Waals surface area contributed by atoms with Crippen LogP contribution >= 0.6 is 0 Å². The molecule has 0 radical (unpaired) electrons. The molecule has 1 N–H and O–H groups in total. The summed E-state index contributed by atoms with van der Waals surface area (Å²) in [4.78, 5) is 13.8. The van der Waals surface area contributed by atoms with E-state index in [-0.39, 0.29) is 6.03 Å². The number of aryl methyl sites for hydroxylation is 2. The molecule has 19 heavy (non-hydrogen) atoms. The lowest BCUT2D eigenvalue weighted by Crippen LogP contribution is -2.31. The molecular weight excluding hydrogens is 236 g/mol. The third-order valence-electron chi connectivity index (χ3n) is 3.07. The van der Waals surface area contributed by atoms with Crippen LogP contribution < -0.4 is 10.2 Å². The summed E-state index contributed by atoms with van der Waals surface area (Å²) in [6.45, 7) is 4.03. The first-order valence-electron chi connectivity index (χ1n) is 6.25. The lowest BCUT2D eigenvalue weighted by molar-refractivity contribution is 0.258. The summed E-state index contributed by atoms with van der Waals surface area (Å²) in [6.07, 6.45) is 0. The van der Waals surface area contributed by atoms with Crippen LogP contribution in [-0.2, 0) is 0 Å². The highest BCUT2D eigenvalue weighted by atomic mass is 16.2. The summed E-state index contributed by atoms with van der Waals surface area (Å²) in [5.74, 6) is 0. The minimum Gasteiger partial charge on any atom is -0.307 e. The van der Waals surface area contributed by atoms with Gasteiger partial charge < -0.3 is 5.32 Å². The molecule has 0 aliphatic heterocycles. The third kappa shape index (κ3) is 3.13. The fourth-order valence-corrected chi connectivity index (χ4v) is 1.92. The first-order chi connectivity index (χ1) is 9.08. The Balaban J connectivity index is 2.13. The zero-order chi connectivity index (χ0) is 13.8. The minimum absolute atomic E-state index is 0.141. The van der Waals surface area contributed by atoms with Gasteiger partial charge in [0.25, 0.3) is 0 Å². The molecule has 0 fully saturated rings. The maximum atomic E-state index is 12.2. The van der Waals surface area contributed by atoms with Crippen molar-refractivity contribution in [1.29, 1.82) is 0 Å². The van der Waals surface area contributed by atoms with Crippen molar-refractivity contribution in [2.24, 2.45) is 0 Å². The van der Waals surface area contributed by atoms with E-state index in [1.807, 2.05) is 56.3 Å². The molecule has 98 valence electrons. The summed E-state index contributed by atoms with van der Waals surface area (Å²) in [7, 11) is 1.76. The summed E-state index contributed by atoms with van der Waals surface area (Å²) in [6, 6.07) is 15.4. The lowest BCUT2D eigenvalue weighted by Gasteiger charge is -2.19. The molecule has 2 rings (SSSR count). The molecule has 0 saturated carbocycles. The Morgan fingerprint density at radius 3 is 2.37 bits per heavy atom. The number of amides is 2. The summed E-state index contributed by atoms with van der Waals surface area (Å²) >= 11 is 0. The van der Waals surface area contributed by atoms with Gasteiger partial charge in [0.15, 0.2) is 0 Å². The number of carbonyl (C=O) groups excluding carboxylic acids is 1. The summed E-state index contributed by atoms with van der Waals surface area (Å²) in [5.41, 5.74) is 3.96. The number of hydrogen-bond donors (Lipinski definition) is 1. The Bertz CT molecular complexity index is 579. The van der Waals surface area contributed by atoms with Gasteiger partial charge in [0.2, 0.25) is 0 Å². The highest BCUT2D eigenvalue weighted by molar-refractivity contribution is 6.01. The Hall–Kier alpha value is -2.29. The predicted octanol–water partition coefficient (Wildman–Crippen LogP) is 3.97. The number of nitrogens with zero attached hydrogens (tertiary/aromatic N) is 1. The van der Waals surface area contributed by atoms with Gasteiger partial charge in [-0.1, -0.05) is 35.9 Å². The molecular formula is C16H18N2O. The van der Waals surface area contributed by atoms with Crippen LogP contribution in [0.5, 0.6) is 0 Å². The maximum absolute atomic E-state index is 12.2. The van der Waals surface area contributed by atoms with Gasteiger partial charge in [-0.25, -0.2) is 4.79 Å². The fourth-order valence-electron chi connectivity index (χ4n) is 1.92. The molecule has 0 aliphatic carbocycles. The van der Waals surface area contributed by atoms with Crippen LogP contribution in [0.4, 0.5) is 16.2 Å². The van der Waals surface area contributed by atoms with Gasteiger partial charge in [0, 0.05) is 18.4 Å². The van der Waals surface area contributed by atoms with E-state index >= 15 is 0 Å². The van der Waals surface area contributed by atoms with Gasteiger partial charge in [-0.05, 0) is 37.6 Å². The van der Waals surface area contributed by atoms with E-state index in [0.29, 0.717) is 0 Å². The van der Waals surface area contributed by atoms with Crippen molar-refractivity contribution in [2.45, 2.75) is 13.8 Å². The monoisotopic (exact) mass is 254 g/mol. The molecule has 0 aromatic heterocycles. The molecule has 0 aliphatic rings. The molecule has 2 aromatic rings. The van der Waals surface area contributed by atoms with E-state index < -0.39 is 0 Å². The second-order valence-corrected chi connectivity index (χ2v) is 4.64. The Morgan fingerprint density at radius 1 is 1.05 bits per heavy atom. The van der Waals surface area contributed by atoms with Gasteiger partial charge in [-0.2, -0.15) is 0 Å². The fraction of sp³-hybridized carbons (Fsp3) is 0.188. The molecule has 3 heteroatoms. The Labute approximate surface area is 113 Å². The number of carbonyl (C=O) groups is 1. The van der Waals surface area contributed by atoms with E-state index in [2.05, 4.69) is 11.4 Å². The van der Waals surface area contributed by atoms with Crippen LogP contribution in [0.15, 0.2) is 48.5 Å². The van der Waals surface area contributed by atoms with Gasteiger partial charge in [0.05, 0.1) is 0 Å². The van der Waals surface area contributed by atoms with Crippen molar-refractivity contribution in [3.8, 4) is 0 Å². The quantitative estimate of drug-likeness (QED) is 0.864. The van der Waals surface area contributed by atoms with E-state index in [1.165, 1.54) is 5.56 Å². The Morgan fingerprint density at radius 2 is 1.74 bits per heavy atom. The minimum atomic E-state index is -0.141. The number of nitrogens with one attached hydrogen (secondary N) is 1. The van der Waals surface area contributed by atoms with Crippen LogP contribution in [0.3, 0.4) is 0 Å². The topological polar surface area (TPSA) is 32.3 Å². The summed E-state index contributed by atoms with van der Waals surface area (Å²) < 4.78 is 0. The van der Waals surface area contributed by atoms with E-state index in [0.717, 1.165) is 16.9 Å². The second kappa shape index (κ2) is 5.57. The predicted molar refractivity (Wildman–Crippen MR) is 79.8 cm³/mol. The van der Waals surface area contributed by atoms with Crippen molar-refractivity contribution in [3.63, 3.8) is 0 Å². The number of rotatable bonds is 2. The Kier molecular flexibility index (Phi) is 3.85. The number of para-hydroxylation sites is 1. The van der Waals surface area contributed by atoms with Crippen molar-refractivity contribution >= 4 is 17.4 Å². The van der Waals surface area contributed by atoms with Crippen LogP contribution in [0.2, 0.25) is 0 Å². The normalized spacial score (nSPS) is 10.1. The highest BCUT2D eigenvalue weighted by Crippen LogP contribution is 2.18. The van der Waals surface area contributed by atoms with Crippen LogP contribution in [0.25, 0.3) is 0 Å². The van der Waals surface area contributed by atoms with Gasteiger partial charge in [0.1, 0.15) is 0 Å². The van der Waals surface area contributed by atoms with Crippen molar-refractivity contribution < 1.29 is 4.79 Å². The van der Waals surface area contributed by atoms with E-state index in [4.69, 9.17) is 0 Å². The van der Waals surface area contributed by atoms with Gasteiger partial charge in [-0.15, -0.1) is 0 Å². The molecule has 2 amide bonds. The van der Waals surface area contributed by atoms with E-state index in [1.54, 1.807) is 11.9 Å². The average Bonchev–Trinajstić information content (AvgIpc) is 2.42. The first-order valence-corrected chi connectivity index (χ1v) is 6.25. The van der Waals surface area contributed by atoms with Crippen molar-refractivity contribution in [2.75, 3.05) is 17.3 Å². The van der Waals surface area contributed by atoms with Gasteiger partial charge in [-0.3, -0.25) is 4.90 Å². The summed E-state index contributed by atoms with van der Waals surface area (Å²) in [5, 5.41) is 2.92. The number of hydrogen-bond acceptors (Lipinski definition) is 1. The molecule has 0 spiro atoms. The highest BCUT2D eigenvalue weighted by Gasteiger charge is 2.11. The average molecular weight is 254 g/mol. The standard InChI is InChI=1S/C16H18N2O/c1-12-9-10-15(13(2)11-12)17-16(19)18(3)14-7-5-4-6-8-14/h4-11H,1-3H3,(H,17,19). The number of anilines is 2. The van der Waals surface area contributed by atoms with Crippen molar-refractivity contribution in [1.82, 2.24) is 0 Å². The van der Waals surface area contributed by atoms with Crippen LogP contribution in [0, 0.1) is 13.8 Å². The SMILES string of the molecule is Cc1ccc(NC(=O)N(C)c2ccccc2)c(C)c1. The molecule has 0 bridgehead atoms. The molecule has 2 aromatic carbocycles. The largest absolute Gasteiger partial charge is 0.326 e. The third-order valence-corrected chi connectivity index (χ3v) is 3.07. The smallest absolute Gasteiger partial charge is 0.307 e. The van der Waals surface area contributed by atoms with Gasteiger partial charge >= 0.3 is 6.03 Å². The molecule has 0 atom stereocenters. The van der Waals surface area contributed by atoms with Crippen LogP contribution in [-0.4, -0.2) is 13.1 Å². The zero-order valence-electron chi connectivity index (χ0n) is 11.5. The molecule has 0 saturated heterocycles. The number of urea groups is 1. The molecule has 0 unspecified atom stereocenters. The lowest BCUT2D eigenvalue weighted by atomic mass is 10.1. The first kappa shape index (κ1) is 13.1. The number of benzene rings is 2. The molecule has 3 nitrogen and oxygen atoms in total. The van der Waals surface area contributed by atoms with Crippen molar-refractivity contribution in [3.05, 3.63) is 59.7 Å². The van der Waals surface area contributed by atoms with E-state index in [9.17, 15) is 4.79 Å². The zero-order valence-corrected chi connectivity index (χ0v) is 11.5.